The Bertz CT molecular complexity index is 1180. The second-order valence-corrected chi connectivity index (χ2v) is 8.08. The van der Waals surface area contributed by atoms with Crippen LogP contribution in [-0.4, -0.2) is 25.7 Å². The van der Waals surface area contributed by atoms with Gasteiger partial charge in [-0.3, -0.25) is 4.79 Å². The summed E-state index contributed by atoms with van der Waals surface area (Å²) in [5.74, 6) is 0.144. The molecule has 0 atom stereocenters. The van der Waals surface area contributed by atoms with Crippen molar-refractivity contribution in [2.45, 2.75) is 39.7 Å². The third kappa shape index (κ3) is 3.76. The third-order valence-electron chi connectivity index (χ3n) is 4.80. The molecule has 0 aliphatic heterocycles. The van der Waals surface area contributed by atoms with Crippen molar-refractivity contribution in [2.75, 3.05) is 0 Å². The van der Waals surface area contributed by atoms with Crippen LogP contribution in [0.5, 0.6) is 0 Å². The molecule has 1 aromatic carbocycles. The summed E-state index contributed by atoms with van der Waals surface area (Å²) >= 11 is 0. The maximum atomic E-state index is 12.4. The minimum absolute atomic E-state index is 0.0524. The highest BCUT2D eigenvalue weighted by atomic mass is 16.5. The van der Waals surface area contributed by atoms with Crippen molar-refractivity contribution in [1.82, 2.24) is 25.1 Å². The summed E-state index contributed by atoms with van der Waals surface area (Å²) in [7, 11) is 0. The number of amides is 1. The maximum absolute atomic E-state index is 12.4. The SMILES string of the molecule is Cc1cc(-c2ccnn3cccc23)ccc1CNC(=O)c1noc(C(C)(C)C)n1. The first-order valence-corrected chi connectivity index (χ1v) is 9.47. The Balaban J connectivity index is 1.50. The van der Waals surface area contributed by atoms with E-state index in [4.69, 9.17) is 4.52 Å². The Morgan fingerprint density at radius 1 is 1.21 bits per heavy atom. The van der Waals surface area contributed by atoms with Gasteiger partial charge in [-0.15, -0.1) is 0 Å². The number of benzene rings is 1. The quantitative estimate of drug-likeness (QED) is 0.572. The van der Waals surface area contributed by atoms with Gasteiger partial charge in [0.25, 0.3) is 11.7 Å². The van der Waals surface area contributed by atoms with Crippen molar-refractivity contribution in [3.8, 4) is 11.1 Å². The van der Waals surface area contributed by atoms with Gasteiger partial charge in [0, 0.05) is 29.9 Å². The van der Waals surface area contributed by atoms with E-state index in [1.807, 2.05) is 62.7 Å². The van der Waals surface area contributed by atoms with Gasteiger partial charge in [0.05, 0.1) is 5.52 Å². The highest BCUT2D eigenvalue weighted by Gasteiger charge is 2.24. The molecule has 1 amide bonds. The van der Waals surface area contributed by atoms with Gasteiger partial charge < -0.3 is 9.84 Å². The molecule has 0 saturated carbocycles. The second kappa shape index (κ2) is 7.16. The first kappa shape index (κ1) is 18.9. The van der Waals surface area contributed by atoms with Gasteiger partial charge in [0.15, 0.2) is 0 Å². The summed E-state index contributed by atoms with van der Waals surface area (Å²) in [5, 5.41) is 11.0. The number of hydrogen-bond acceptors (Lipinski definition) is 5. The number of carbonyl (C=O) groups excluding carboxylic acids is 1. The lowest BCUT2D eigenvalue weighted by Crippen LogP contribution is -2.24. The Kier molecular flexibility index (Phi) is 4.66. The van der Waals surface area contributed by atoms with Crippen molar-refractivity contribution in [1.29, 1.82) is 0 Å². The lowest BCUT2D eigenvalue weighted by Gasteiger charge is -2.11. The fraction of sp³-hybridized carbons (Fsp3) is 0.273. The highest BCUT2D eigenvalue weighted by Crippen LogP contribution is 2.26. The van der Waals surface area contributed by atoms with Crippen LogP contribution < -0.4 is 5.32 Å². The smallest absolute Gasteiger partial charge is 0.292 e. The molecule has 0 aliphatic carbocycles. The van der Waals surface area contributed by atoms with E-state index >= 15 is 0 Å². The third-order valence-corrected chi connectivity index (χ3v) is 4.80. The zero-order chi connectivity index (χ0) is 20.6. The monoisotopic (exact) mass is 389 g/mol. The number of aryl methyl sites for hydroxylation is 1. The summed E-state index contributed by atoms with van der Waals surface area (Å²) in [6.07, 6.45) is 3.72. The zero-order valence-electron chi connectivity index (χ0n) is 16.9. The zero-order valence-corrected chi connectivity index (χ0v) is 16.9. The first-order chi connectivity index (χ1) is 13.8. The maximum Gasteiger partial charge on any atom is 0.292 e. The molecule has 0 unspecified atom stereocenters. The van der Waals surface area contributed by atoms with E-state index in [9.17, 15) is 4.79 Å². The number of nitrogens with one attached hydrogen (secondary N) is 1. The summed E-state index contributed by atoms with van der Waals surface area (Å²) in [6, 6.07) is 12.2. The predicted octanol–water partition coefficient (Wildman–Crippen LogP) is 3.92. The molecule has 0 spiro atoms. The van der Waals surface area contributed by atoms with E-state index < -0.39 is 0 Å². The summed E-state index contributed by atoms with van der Waals surface area (Å²) in [4.78, 5) is 16.6. The van der Waals surface area contributed by atoms with Gasteiger partial charge in [-0.1, -0.05) is 44.1 Å². The van der Waals surface area contributed by atoms with E-state index in [2.05, 4.69) is 32.7 Å². The van der Waals surface area contributed by atoms with Gasteiger partial charge in [0.1, 0.15) is 0 Å². The molecule has 3 aromatic heterocycles. The molecule has 29 heavy (non-hydrogen) atoms. The van der Waals surface area contributed by atoms with Gasteiger partial charge in [0.2, 0.25) is 5.89 Å². The Morgan fingerprint density at radius 2 is 2.03 bits per heavy atom. The van der Waals surface area contributed by atoms with Gasteiger partial charge in [-0.05, 0) is 41.8 Å². The minimum atomic E-state index is -0.350. The van der Waals surface area contributed by atoms with E-state index in [0.29, 0.717) is 12.4 Å². The molecular weight excluding hydrogens is 366 g/mol. The molecule has 4 aromatic rings. The van der Waals surface area contributed by atoms with E-state index in [-0.39, 0.29) is 17.1 Å². The van der Waals surface area contributed by atoms with Crippen LogP contribution in [0, 0.1) is 6.92 Å². The lowest BCUT2D eigenvalue weighted by molar-refractivity contribution is 0.0937. The van der Waals surface area contributed by atoms with Crippen molar-refractivity contribution < 1.29 is 9.32 Å². The second-order valence-electron chi connectivity index (χ2n) is 8.08. The number of rotatable bonds is 4. The molecular formula is C22H23N5O2. The minimum Gasteiger partial charge on any atom is -0.345 e. The number of nitrogens with zero attached hydrogens (tertiary/aromatic N) is 4. The van der Waals surface area contributed by atoms with Crippen molar-refractivity contribution in [3.63, 3.8) is 0 Å². The Morgan fingerprint density at radius 3 is 2.76 bits per heavy atom. The van der Waals surface area contributed by atoms with E-state index in [1.54, 1.807) is 6.20 Å². The molecule has 148 valence electrons. The van der Waals surface area contributed by atoms with Gasteiger partial charge in [-0.2, -0.15) is 10.1 Å². The molecule has 0 fully saturated rings. The average molecular weight is 389 g/mol. The number of hydrogen-bond donors (Lipinski definition) is 1. The van der Waals surface area contributed by atoms with Crippen LogP contribution in [-0.2, 0) is 12.0 Å². The molecule has 7 heteroatoms. The van der Waals surface area contributed by atoms with E-state index in [0.717, 1.165) is 27.8 Å². The normalized spacial score (nSPS) is 11.7. The number of fused-ring (bicyclic) bond motifs is 1. The summed E-state index contributed by atoms with van der Waals surface area (Å²) < 4.78 is 7.05. The fourth-order valence-electron chi connectivity index (χ4n) is 3.13. The van der Waals surface area contributed by atoms with Crippen LogP contribution in [0.25, 0.3) is 16.6 Å². The molecule has 0 bridgehead atoms. The summed E-state index contributed by atoms with van der Waals surface area (Å²) in [6.45, 7) is 8.29. The topological polar surface area (TPSA) is 85.3 Å². The number of carbonyl (C=O) groups is 1. The molecule has 0 radical (unpaired) electrons. The number of aromatic nitrogens is 4. The van der Waals surface area contributed by atoms with Crippen LogP contribution in [0.1, 0.15) is 48.4 Å². The van der Waals surface area contributed by atoms with Crippen LogP contribution in [0.2, 0.25) is 0 Å². The molecule has 7 nitrogen and oxygen atoms in total. The lowest BCUT2D eigenvalue weighted by atomic mass is 9.97. The van der Waals surface area contributed by atoms with Crippen molar-refractivity contribution >= 4 is 11.4 Å². The summed E-state index contributed by atoms with van der Waals surface area (Å²) in [5.41, 5.74) is 5.10. The predicted molar refractivity (Wildman–Crippen MR) is 110 cm³/mol. The first-order valence-electron chi connectivity index (χ1n) is 9.47. The largest absolute Gasteiger partial charge is 0.345 e. The van der Waals surface area contributed by atoms with Crippen molar-refractivity contribution in [3.05, 3.63) is 71.6 Å². The fourth-order valence-corrected chi connectivity index (χ4v) is 3.13. The van der Waals surface area contributed by atoms with Gasteiger partial charge in [-0.25, -0.2) is 4.52 Å². The average Bonchev–Trinajstić information content (AvgIpc) is 3.35. The highest BCUT2D eigenvalue weighted by molar-refractivity contribution is 5.90. The molecule has 0 saturated heterocycles. The van der Waals surface area contributed by atoms with Crippen LogP contribution >= 0.6 is 0 Å². The van der Waals surface area contributed by atoms with E-state index in [1.165, 1.54) is 0 Å². The molecule has 0 aliphatic rings. The Hall–Kier alpha value is -3.48. The Labute approximate surface area is 168 Å². The van der Waals surface area contributed by atoms with Crippen molar-refractivity contribution in [2.24, 2.45) is 0 Å². The standard InChI is InChI=1S/C22H23N5O2/c1-14-12-15(17-9-10-24-27-11-5-6-18(17)27)7-8-16(14)13-23-20(28)19-25-21(29-26-19)22(2,3)4/h5-12H,13H2,1-4H3,(H,23,28). The van der Waals surface area contributed by atoms with Gasteiger partial charge >= 0.3 is 0 Å². The molecule has 3 heterocycles. The van der Waals surface area contributed by atoms with Crippen LogP contribution in [0.3, 0.4) is 0 Å². The molecule has 1 N–H and O–H groups in total. The van der Waals surface area contributed by atoms with Crippen LogP contribution in [0.4, 0.5) is 0 Å². The molecule has 4 rings (SSSR count). The van der Waals surface area contributed by atoms with Crippen LogP contribution in [0.15, 0.2) is 53.3 Å².